The van der Waals surface area contributed by atoms with E-state index in [0.717, 1.165) is 18.8 Å². The molecule has 1 fully saturated rings. The fourth-order valence-electron chi connectivity index (χ4n) is 2.29. The summed E-state index contributed by atoms with van der Waals surface area (Å²) >= 11 is 0. The van der Waals surface area contributed by atoms with Gasteiger partial charge in [0.05, 0.1) is 6.10 Å². The summed E-state index contributed by atoms with van der Waals surface area (Å²) in [7, 11) is 0. The van der Waals surface area contributed by atoms with Gasteiger partial charge in [-0.25, -0.2) is 0 Å². The topological polar surface area (TPSA) is 46.2 Å². The Bertz CT molecular complexity index is 119. The van der Waals surface area contributed by atoms with Crippen LogP contribution in [0.15, 0.2) is 0 Å². The Labute approximate surface area is 81.5 Å². The molecule has 0 bridgehead atoms. The Morgan fingerprint density at radius 1 is 1.15 bits per heavy atom. The van der Waals surface area contributed by atoms with Crippen molar-refractivity contribution in [2.75, 3.05) is 6.54 Å². The van der Waals surface area contributed by atoms with Crippen LogP contribution in [-0.2, 0) is 0 Å². The lowest BCUT2D eigenvalue weighted by Gasteiger charge is -2.17. The summed E-state index contributed by atoms with van der Waals surface area (Å²) in [5, 5.41) is 9.61. The molecular weight excluding hydrogens is 162 g/mol. The Balaban J connectivity index is 2.17. The van der Waals surface area contributed by atoms with Crippen molar-refractivity contribution in [2.45, 2.75) is 57.5 Å². The average molecular weight is 185 g/mol. The molecule has 1 aliphatic carbocycles. The van der Waals surface area contributed by atoms with Crippen molar-refractivity contribution in [1.29, 1.82) is 0 Å². The van der Waals surface area contributed by atoms with Gasteiger partial charge in [0.2, 0.25) is 0 Å². The summed E-state index contributed by atoms with van der Waals surface area (Å²) in [5.74, 6) is 0.768. The van der Waals surface area contributed by atoms with Gasteiger partial charge in [-0.1, -0.05) is 38.5 Å². The van der Waals surface area contributed by atoms with Crippen LogP contribution in [0.3, 0.4) is 0 Å². The fraction of sp³-hybridized carbons (Fsp3) is 1.00. The molecule has 0 radical (unpaired) electrons. The molecule has 0 aromatic heterocycles. The molecule has 0 aliphatic heterocycles. The van der Waals surface area contributed by atoms with Crippen molar-refractivity contribution >= 4 is 0 Å². The Morgan fingerprint density at radius 3 is 2.31 bits per heavy atom. The molecule has 2 nitrogen and oxygen atoms in total. The molecule has 1 atom stereocenters. The molecule has 1 unspecified atom stereocenters. The molecular formula is C11H23NO. The van der Waals surface area contributed by atoms with E-state index in [4.69, 9.17) is 5.73 Å². The Hall–Kier alpha value is -0.0800. The van der Waals surface area contributed by atoms with E-state index in [0.29, 0.717) is 6.54 Å². The quantitative estimate of drug-likeness (QED) is 0.658. The first-order chi connectivity index (χ1) is 6.33. The van der Waals surface area contributed by atoms with Gasteiger partial charge in [0.1, 0.15) is 0 Å². The second-order valence-electron chi connectivity index (χ2n) is 4.32. The largest absolute Gasteiger partial charge is 0.393 e. The molecule has 0 saturated heterocycles. The highest BCUT2D eigenvalue weighted by molar-refractivity contribution is 4.69. The monoisotopic (exact) mass is 185 g/mol. The average Bonchev–Trinajstić information content (AvgIpc) is 2.33. The van der Waals surface area contributed by atoms with Crippen molar-refractivity contribution in [3.05, 3.63) is 0 Å². The van der Waals surface area contributed by atoms with Crippen molar-refractivity contribution in [3.8, 4) is 0 Å². The number of aliphatic hydroxyl groups excluding tert-OH is 1. The first kappa shape index (κ1) is 11.0. The van der Waals surface area contributed by atoms with Crippen LogP contribution in [0.4, 0.5) is 0 Å². The molecule has 78 valence electrons. The Morgan fingerprint density at radius 2 is 1.77 bits per heavy atom. The third-order valence-corrected chi connectivity index (χ3v) is 3.08. The highest BCUT2D eigenvalue weighted by atomic mass is 16.3. The first-order valence-corrected chi connectivity index (χ1v) is 5.71. The molecule has 1 aliphatic rings. The van der Waals surface area contributed by atoms with Crippen LogP contribution in [0.25, 0.3) is 0 Å². The molecule has 1 saturated carbocycles. The lowest BCUT2D eigenvalue weighted by Crippen LogP contribution is -2.17. The number of rotatable bonds is 4. The minimum absolute atomic E-state index is 0.145. The molecule has 1 rings (SSSR count). The molecule has 0 amide bonds. The summed E-state index contributed by atoms with van der Waals surface area (Å²) in [6.45, 7) is 0.619. The van der Waals surface area contributed by atoms with E-state index in [1.54, 1.807) is 0 Å². The summed E-state index contributed by atoms with van der Waals surface area (Å²) in [5.41, 5.74) is 5.41. The van der Waals surface area contributed by atoms with Crippen LogP contribution in [0.5, 0.6) is 0 Å². The van der Waals surface area contributed by atoms with Gasteiger partial charge in [-0.15, -0.1) is 0 Å². The molecule has 0 aromatic rings. The summed E-state index contributed by atoms with van der Waals surface area (Å²) in [6, 6.07) is 0. The van der Waals surface area contributed by atoms with Crippen molar-refractivity contribution in [2.24, 2.45) is 11.7 Å². The van der Waals surface area contributed by atoms with Crippen LogP contribution < -0.4 is 5.73 Å². The molecule has 3 N–H and O–H groups in total. The molecule has 2 heteroatoms. The normalized spacial score (nSPS) is 22.6. The van der Waals surface area contributed by atoms with Gasteiger partial charge < -0.3 is 10.8 Å². The molecule has 0 aromatic carbocycles. The van der Waals surface area contributed by atoms with Crippen LogP contribution >= 0.6 is 0 Å². The van der Waals surface area contributed by atoms with Crippen molar-refractivity contribution in [1.82, 2.24) is 0 Å². The number of aliphatic hydroxyl groups is 1. The third kappa shape index (κ3) is 4.63. The molecule has 0 heterocycles. The highest BCUT2D eigenvalue weighted by Crippen LogP contribution is 2.26. The number of nitrogens with two attached hydrogens (primary N) is 1. The summed E-state index contributed by atoms with van der Waals surface area (Å²) in [6.07, 6.45) is 9.76. The highest BCUT2D eigenvalue weighted by Gasteiger charge is 2.15. The van der Waals surface area contributed by atoms with Gasteiger partial charge >= 0.3 is 0 Å². The van der Waals surface area contributed by atoms with E-state index in [9.17, 15) is 5.11 Å². The van der Waals surface area contributed by atoms with Crippen LogP contribution in [0.1, 0.15) is 51.4 Å². The maximum Gasteiger partial charge on any atom is 0.0554 e. The van der Waals surface area contributed by atoms with E-state index < -0.39 is 0 Å². The van der Waals surface area contributed by atoms with Crippen LogP contribution in [-0.4, -0.2) is 17.8 Å². The third-order valence-electron chi connectivity index (χ3n) is 3.08. The summed E-state index contributed by atoms with van der Waals surface area (Å²) in [4.78, 5) is 0. The number of hydrogen-bond acceptors (Lipinski definition) is 2. The summed E-state index contributed by atoms with van der Waals surface area (Å²) < 4.78 is 0. The predicted molar refractivity (Wildman–Crippen MR) is 55.5 cm³/mol. The van der Waals surface area contributed by atoms with Crippen molar-refractivity contribution in [3.63, 3.8) is 0 Å². The maximum absolute atomic E-state index is 9.61. The lowest BCUT2D eigenvalue weighted by atomic mass is 9.93. The van der Waals surface area contributed by atoms with Gasteiger partial charge in [0.25, 0.3) is 0 Å². The van der Waals surface area contributed by atoms with Gasteiger partial charge in [0.15, 0.2) is 0 Å². The van der Waals surface area contributed by atoms with Crippen molar-refractivity contribution < 1.29 is 5.11 Å². The van der Waals surface area contributed by atoms with E-state index in [1.807, 2.05) is 0 Å². The smallest absolute Gasteiger partial charge is 0.0554 e. The van der Waals surface area contributed by atoms with E-state index in [1.165, 1.54) is 38.5 Å². The fourth-order valence-corrected chi connectivity index (χ4v) is 2.29. The van der Waals surface area contributed by atoms with E-state index >= 15 is 0 Å². The first-order valence-electron chi connectivity index (χ1n) is 5.71. The SMILES string of the molecule is NCCC(O)CC1CCCCCC1. The zero-order chi connectivity index (χ0) is 9.52. The lowest BCUT2D eigenvalue weighted by molar-refractivity contribution is 0.131. The zero-order valence-corrected chi connectivity index (χ0v) is 8.54. The molecule has 0 spiro atoms. The van der Waals surface area contributed by atoms with Gasteiger partial charge in [-0.05, 0) is 25.3 Å². The standard InChI is InChI=1S/C11H23NO/c12-8-7-11(13)9-10-5-3-1-2-4-6-10/h10-11,13H,1-9,12H2. The maximum atomic E-state index is 9.61. The second-order valence-corrected chi connectivity index (χ2v) is 4.32. The zero-order valence-electron chi connectivity index (χ0n) is 8.54. The van der Waals surface area contributed by atoms with E-state index in [-0.39, 0.29) is 6.10 Å². The van der Waals surface area contributed by atoms with Crippen LogP contribution in [0.2, 0.25) is 0 Å². The molecule has 13 heavy (non-hydrogen) atoms. The Kier molecular flexibility index (Phi) is 5.40. The number of hydrogen-bond donors (Lipinski definition) is 2. The van der Waals surface area contributed by atoms with Gasteiger partial charge in [0, 0.05) is 0 Å². The van der Waals surface area contributed by atoms with Gasteiger partial charge in [-0.3, -0.25) is 0 Å². The van der Waals surface area contributed by atoms with Crippen LogP contribution in [0, 0.1) is 5.92 Å². The predicted octanol–water partition coefficient (Wildman–Crippen LogP) is 2.06. The second kappa shape index (κ2) is 6.39. The minimum Gasteiger partial charge on any atom is -0.393 e. The minimum atomic E-state index is -0.145. The van der Waals surface area contributed by atoms with E-state index in [2.05, 4.69) is 0 Å². The van der Waals surface area contributed by atoms with Gasteiger partial charge in [-0.2, -0.15) is 0 Å².